The van der Waals surface area contributed by atoms with E-state index >= 15 is 0 Å². The fourth-order valence-corrected chi connectivity index (χ4v) is 2.96. The zero-order valence-electron chi connectivity index (χ0n) is 13.5. The molecule has 0 spiro atoms. The summed E-state index contributed by atoms with van der Waals surface area (Å²) in [4.78, 5) is 12.2. The van der Waals surface area contributed by atoms with Gasteiger partial charge in [-0.05, 0) is 46.0 Å². The van der Waals surface area contributed by atoms with Gasteiger partial charge in [-0.3, -0.25) is 0 Å². The average molecular weight is 326 g/mol. The Labute approximate surface area is 139 Å². The van der Waals surface area contributed by atoms with Crippen molar-refractivity contribution >= 4 is 27.5 Å². The first-order chi connectivity index (χ1) is 11.6. The van der Waals surface area contributed by atoms with Crippen LogP contribution in [0.4, 0.5) is 0 Å². The van der Waals surface area contributed by atoms with Crippen molar-refractivity contribution in [2.45, 2.75) is 13.2 Å². The van der Waals surface area contributed by atoms with Gasteiger partial charge in [0.15, 0.2) is 0 Å². The van der Waals surface area contributed by atoms with Crippen molar-refractivity contribution in [1.82, 2.24) is 0 Å². The summed E-state index contributed by atoms with van der Waals surface area (Å²) in [5.41, 5.74) is 1.83. The summed E-state index contributed by atoms with van der Waals surface area (Å²) in [7, 11) is 2.86. The second kappa shape index (κ2) is 6.47. The van der Waals surface area contributed by atoms with E-state index in [1.54, 1.807) is 12.1 Å². The summed E-state index contributed by atoms with van der Waals surface area (Å²) in [5, 5.41) is 22.2. The Balaban J connectivity index is 2.48. The molecule has 3 aromatic rings. The summed E-state index contributed by atoms with van der Waals surface area (Å²) >= 11 is 0. The molecule has 124 valence electrons. The zero-order chi connectivity index (χ0) is 17.3. The highest BCUT2D eigenvalue weighted by Crippen LogP contribution is 2.35. The van der Waals surface area contributed by atoms with E-state index in [-0.39, 0.29) is 13.2 Å². The molecule has 0 atom stereocenters. The van der Waals surface area contributed by atoms with Gasteiger partial charge in [-0.15, -0.1) is 0 Å². The third kappa shape index (κ3) is 2.58. The van der Waals surface area contributed by atoms with Gasteiger partial charge in [-0.2, -0.15) is 0 Å². The Hall–Kier alpha value is -2.63. The van der Waals surface area contributed by atoms with Crippen LogP contribution in [0, 0.1) is 0 Å². The molecule has 0 aliphatic carbocycles. The minimum atomic E-state index is -0.438. The maximum atomic E-state index is 12.2. The predicted octanol–water partition coefficient (Wildman–Crippen LogP) is 2.77. The Morgan fingerprint density at radius 2 is 1.75 bits per heavy atom. The summed E-state index contributed by atoms with van der Waals surface area (Å²) in [6.07, 6.45) is 0. The highest BCUT2D eigenvalue weighted by molar-refractivity contribution is 6.16. The zero-order valence-corrected chi connectivity index (χ0v) is 13.5. The van der Waals surface area contributed by atoms with E-state index in [1.807, 2.05) is 24.3 Å². The number of esters is 1. The van der Waals surface area contributed by atoms with Crippen molar-refractivity contribution in [1.29, 1.82) is 0 Å². The number of aliphatic hydroxyl groups excluding tert-OH is 2. The van der Waals surface area contributed by atoms with Gasteiger partial charge in [0.25, 0.3) is 0 Å². The molecular formula is C19H18O5. The molecule has 5 nitrogen and oxygen atoms in total. The summed E-state index contributed by atoms with van der Waals surface area (Å²) < 4.78 is 10.2. The van der Waals surface area contributed by atoms with Crippen molar-refractivity contribution in [3.63, 3.8) is 0 Å². The van der Waals surface area contributed by atoms with Crippen LogP contribution in [0.5, 0.6) is 5.75 Å². The molecule has 0 aliphatic heterocycles. The highest BCUT2D eigenvalue weighted by atomic mass is 16.5. The number of aliphatic hydroxyl groups is 2. The molecule has 3 aromatic carbocycles. The molecule has 0 aliphatic rings. The molecule has 0 aromatic heterocycles. The first-order valence-corrected chi connectivity index (χ1v) is 7.49. The van der Waals surface area contributed by atoms with Gasteiger partial charge in [-0.25, -0.2) is 4.79 Å². The number of hydrogen-bond acceptors (Lipinski definition) is 5. The van der Waals surface area contributed by atoms with Crippen molar-refractivity contribution in [2.24, 2.45) is 0 Å². The molecule has 5 heteroatoms. The van der Waals surface area contributed by atoms with Crippen LogP contribution in [0.3, 0.4) is 0 Å². The third-order valence-corrected chi connectivity index (χ3v) is 4.18. The number of methoxy groups -OCH3 is 2. The van der Waals surface area contributed by atoms with Gasteiger partial charge in [0, 0.05) is 10.9 Å². The van der Waals surface area contributed by atoms with Gasteiger partial charge in [0.2, 0.25) is 0 Å². The molecular weight excluding hydrogens is 308 g/mol. The standard InChI is InChI=1S/C19H18O5/c1-23-18-8-16-15(7-13(18)10-21)14-5-11(9-20)3-4-12(14)6-17(16)19(22)24-2/h3-8,20-21H,9-10H2,1-2H3. The second-order valence-corrected chi connectivity index (χ2v) is 5.50. The predicted molar refractivity (Wildman–Crippen MR) is 91.2 cm³/mol. The van der Waals surface area contributed by atoms with Crippen LogP contribution in [-0.2, 0) is 18.0 Å². The first kappa shape index (κ1) is 16.2. The molecule has 2 N–H and O–H groups in total. The molecule has 0 amide bonds. The lowest BCUT2D eigenvalue weighted by Crippen LogP contribution is -2.03. The minimum Gasteiger partial charge on any atom is -0.496 e. The summed E-state index contributed by atoms with van der Waals surface area (Å²) in [6.45, 7) is -0.248. The monoisotopic (exact) mass is 326 g/mol. The largest absolute Gasteiger partial charge is 0.496 e. The summed E-state index contributed by atoms with van der Waals surface area (Å²) in [6, 6.07) is 10.9. The smallest absolute Gasteiger partial charge is 0.338 e. The molecule has 0 saturated heterocycles. The van der Waals surface area contributed by atoms with Gasteiger partial charge in [0.05, 0.1) is 33.0 Å². The van der Waals surface area contributed by atoms with E-state index < -0.39 is 5.97 Å². The van der Waals surface area contributed by atoms with Crippen molar-refractivity contribution in [3.05, 3.63) is 53.1 Å². The van der Waals surface area contributed by atoms with Crippen LogP contribution in [0.1, 0.15) is 21.5 Å². The maximum absolute atomic E-state index is 12.2. The van der Waals surface area contributed by atoms with E-state index in [9.17, 15) is 15.0 Å². The number of carbonyl (C=O) groups is 1. The van der Waals surface area contributed by atoms with Gasteiger partial charge in [0.1, 0.15) is 5.75 Å². The molecule has 0 bridgehead atoms. The maximum Gasteiger partial charge on any atom is 0.338 e. The van der Waals surface area contributed by atoms with Crippen LogP contribution in [0.15, 0.2) is 36.4 Å². The Kier molecular flexibility index (Phi) is 4.38. The van der Waals surface area contributed by atoms with Crippen LogP contribution < -0.4 is 4.74 Å². The van der Waals surface area contributed by atoms with Gasteiger partial charge < -0.3 is 19.7 Å². The fourth-order valence-electron chi connectivity index (χ4n) is 2.96. The minimum absolute atomic E-state index is 0.0702. The van der Waals surface area contributed by atoms with Crippen LogP contribution in [0.2, 0.25) is 0 Å². The Bertz CT molecular complexity index is 930. The molecule has 3 rings (SSSR count). The molecule has 0 radical (unpaired) electrons. The molecule has 0 unspecified atom stereocenters. The topological polar surface area (TPSA) is 76.0 Å². The second-order valence-electron chi connectivity index (χ2n) is 5.50. The van der Waals surface area contributed by atoms with Crippen molar-refractivity contribution in [2.75, 3.05) is 14.2 Å². The number of fused-ring (bicyclic) bond motifs is 3. The highest BCUT2D eigenvalue weighted by Gasteiger charge is 2.16. The van der Waals surface area contributed by atoms with E-state index in [2.05, 4.69) is 0 Å². The van der Waals surface area contributed by atoms with Crippen molar-refractivity contribution in [3.8, 4) is 5.75 Å². The van der Waals surface area contributed by atoms with Gasteiger partial charge >= 0.3 is 5.97 Å². The lowest BCUT2D eigenvalue weighted by Gasteiger charge is -2.14. The lowest BCUT2D eigenvalue weighted by atomic mass is 9.94. The molecule has 0 fully saturated rings. The quantitative estimate of drug-likeness (QED) is 0.569. The fraction of sp³-hybridized carbons (Fsp3) is 0.211. The van der Waals surface area contributed by atoms with Crippen LogP contribution in [-0.4, -0.2) is 30.4 Å². The Morgan fingerprint density at radius 1 is 0.958 bits per heavy atom. The average Bonchev–Trinajstić information content (AvgIpc) is 2.64. The molecule has 24 heavy (non-hydrogen) atoms. The van der Waals surface area contributed by atoms with Crippen LogP contribution >= 0.6 is 0 Å². The van der Waals surface area contributed by atoms with Crippen LogP contribution in [0.25, 0.3) is 21.5 Å². The number of hydrogen-bond donors (Lipinski definition) is 2. The summed E-state index contributed by atoms with van der Waals surface area (Å²) in [5.74, 6) is 0.0692. The van der Waals surface area contributed by atoms with E-state index in [1.165, 1.54) is 14.2 Å². The Morgan fingerprint density at radius 3 is 2.38 bits per heavy atom. The molecule has 0 saturated carbocycles. The normalized spacial score (nSPS) is 11.0. The van der Waals surface area contributed by atoms with E-state index in [0.29, 0.717) is 22.3 Å². The van der Waals surface area contributed by atoms with E-state index in [0.717, 1.165) is 21.7 Å². The molecule has 0 heterocycles. The number of benzene rings is 3. The first-order valence-electron chi connectivity index (χ1n) is 7.49. The number of rotatable bonds is 4. The van der Waals surface area contributed by atoms with Crippen molar-refractivity contribution < 1.29 is 24.5 Å². The SMILES string of the molecule is COC(=O)c1cc2ccc(CO)cc2c2cc(CO)c(OC)cc12. The number of carbonyl (C=O) groups excluding carboxylic acids is 1. The van der Waals surface area contributed by atoms with E-state index in [4.69, 9.17) is 9.47 Å². The lowest BCUT2D eigenvalue weighted by molar-refractivity contribution is 0.0603. The third-order valence-electron chi connectivity index (χ3n) is 4.18. The number of ether oxygens (including phenoxy) is 2. The van der Waals surface area contributed by atoms with Gasteiger partial charge in [-0.1, -0.05) is 12.1 Å².